The Balaban J connectivity index is 4.71. The molecule has 0 saturated heterocycles. The van der Waals surface area contributed by atoms with Gasteiger partial charge in [-0.05, 0) is 13.0 Å². The first-order chi connectivity index (χ1) is 13.1. The van der Waals surface area contributed by atoms with Gasteiger partial charge in [-0.2, -0.15) is 0 Å². The molecule has 10 heteroatoms. The predicted molar refractivity (Wildman–Crippen MR) is 106 cm³/mol. The molecule has 0 unspecified atom stereocenters. The number of carboxylic acid groups (broad SMARTS) is 3. The molecule has 0 aromatic carbocycles. The summed E-state index contributed by atoms with van der Waals surface area (Å²) >= 11 is 0. The highest BCUT2D eigenvalue weighted by atomic mass is 16.4. The van der Waals surface area contributed by atoms with Gasteiger partial charge in [0.15, 0.2) is 0 Å². The molecule has 10 nitrogen and oxygen atoms in total. The second kappa shape index (κ2) is 15.2. The number of hydrogen-bond donors (Lipinski definition) is 4. The zero-order chi connectivity index (χ0) is 21.5. The van der Waals surface area contributed by atoms with Gasteiger partial charge in [0.05, 0.1) is 19.6 Å². The van der Waals surface area contributed by atoms with Crippen LogP contribution in [0.4, 0.5) is 0 Å². The van der Waals surface area contributed by atoms with Crippen LogP contribution in [0.25, 0.3) is 0 Å². The van der Waals surface area contributed by atoms with Crippen molar-refractivity contribution in [2.45, 2.75) is 33.2 Å². The molecular weight excluding hydrogens is 368 g/mol. The monoisotopic (exact) mass is 404 g/mol. The van der Waals surface area contributed by atoms with E-state index in [1.807, 2.05) is 20.8 Å². The van der Waals surface area contributed by atoms with Crippen molar-refractivity contribution in [1.82, 2.24) is 20.0 Å². The summed E-state index contributed by atoms with van der Waals surface area (Å²) in [5.41, 5.74) is 0. The van der Waals surface area contributed by atoms with Crippen molar-refractivity contribution in [3.63, 3.8) is 0 Å². The van der Waals surface area contributed by atoms with E-state index in [4.69, 9.17) is 15.3 Å². The third-order valence-electron chi connectivity index (χ3n) is 4.06. The lowest BCUT2D eigenvalue weighted by Gasteiger charge is -2.28. The van der Waals surface area contributed by atoms with E-state index in [-0.39, 0.29) is 19.6 Å². The SMILES string of the molecule is CCCN(CCN(CCN(CCNC(C)C)CC(=O)O)CC(=O)O)CC(=O)O. The molecular formula is C18H36N4O6. The minimum atomic E-state index is -0.966. The lowest BCUT2D eigenvalue weighted by Crippen LogP contribution is -2.45. The van der Waals surface area contributed by atoms with E-state index in [1.165, 1.54) is 0 Å². The summed E-state index contributed by atoms with van der Waals surface area (Å²) in [7, 11) is 0. The minimum Gasteiger partial charge on any atom is -0.480 e. The quantitative estimate of drug-likeness (QED) is 0.238. The third-order valence-corrected chi connectivity index (χ3v) is 4.06. The summed E-state index contributed by atoms with van der Waals surface area (Å²) < 4.78 is 0. The molecule has 0 spiro atoms. The fourth-order valence-corrected chi connectivity index (χ4v) is 2.78. The molecule has 0 fully saturated rings. The number of carbonyl (C=O) groups is 3. The average molecular weight is 405 g/mol. The van der Waals surface area contributed by atoms with Crippen molar-refractivity contribution in [3.8, 4) is 0 Å². The van der Waals surface area contributed by atoms with Gasteiger partial charge in [0.25, 0.3) is 0 Å². The topological polar surface area (TPSA) is 134 Å². The molecule has 0 aliphatic rings. The number of nitrogens with zero attached hydrogens (tertiary/aromatic N) is 3. The van der Waals surface area contributed by atoms with Crippen LogP contribution in [0.3, 0.4) is 0 Å². The normalized spacial score (nSPS) is 11.7. The predicted octanol–water partition coefficient (Wildman–Crippen LogP) is -0.446. The van der Waals surface area contributed by atoms with Crippen molar-refractivity contribution in [1.29, 1.82) is 0 Å². The molecule has 0 atom stereocenters. The van der Waals surface area contributed by atoms with Gasteiger partial charge >= 0.3 is 17.9 Å². The third kappa shape index (κ3) is 15.3. The van der Waals surface area contributed by atoms with Gasteiger partial charge in [-0.1, -0.05) is 20.8 Å². The summed E-state index contributed by atoms with van der Waals surface area (Å²) in [6.07, 6.45) is 0.807. The molecule has 0 aromatic heterocycles. The standard InChI is InChI=1S/C18H36N4O6/c1-4-6-20(12-16(23)24)8-10-22(14-18(27)28)11-9-21(13-17(25)26)7-5-19-15(2)3/h15,19H,4-14H2,1-3H3,(H,23,24)(H,25,26)(H,27,28). The Labute approximate surface area is 167 Å². The van der Waals surface area contributed by atoms with Gasteiger partial charge in [-0.25, -0.2) is 0 Å². The van der Waals surface area contributed by atoms with E-state index < -0.39 is 17.9 Å². The van der Waals surface area contributed by atoms with Crippen molar-refractivity contribution >= 4 is 17.9 Å². The van der Waals surface area contributed by atoms with Crippen LogP contribution in [0.5, 0.6) is 0 Å². The van der Waals surface area contributed by atoms with E-state index in [0.717, 1.165) is 6.42 Å². The molecule has 28 heavy (non-hydrogen) atoms. The van der Waals surface area contributed by atoms with Crippen molar-refractivity contribution in [2.75, 3.05) is 65.4 Å². The molecule has 0 aliphatic heterocycles. The number of aliphatic carboxylic acids is 3. The van der Waals surface area contributed by atoms with Gasteiger partial charge in [-0.3, -0.25) is 29.1 Å². The highest BCUT2D eigenvalue weighted by Gasteiger charge is 2.16. The highest BCUT2D eigenvalue weighted by Crippen LogP contribution is 1.98. The fourth-order valence-electron chi connectivity index (χ4n) is 2.78. The molecule has 0 aromatic rings. The number of nitrogens with one attached hydrogen (secondary N) is 1. The lowest BCUT2D eigenvalue weighted by atomic mass is 10.3. The van der Waals surface area contributed by atoms with Crippen molar-refractivity contribution < 1.29 is 29.7 Å². The van der Waals surface area contributed by atoms with E-state index in [2.05, 4.69) is 5.32 Å². The van der Waals surface area contributed by atoms with Gasteiger partial charge in [0.2, 0.25) is 0 Å². The molecule has 4 N–H and O–H groups in total. The van der Waals surface area contributed by atoms with Crippen LogP contribution in [-0.4, -0.2) is 119 Å². The van der Waals surface area contributed by atoms with Crippen LogP contribution in [-0.2, 0) is 14.4 Å². The van der Waals surface area contributed by atoms with Crippen molar-refractivity contribution in [2.24, 2.45) is 0 Å². The van der Waals surface area contributed by atoms with Gasteiger partial charge < -0.3 is 20.6 Å². The zero-order valence-corrected chi connectivity index (χ0v) is 17.3. The molecule has 0 amide bonds. The summed E-state index contributed by atoms with van der Waals surface area (Å²) in [6, 6.07) is 0.300. The van der Waals surface area contributed by atoms with Crippen LogP contribution < -0.4 is 5.32 Å². The molecule has 164 valence electrons. The minimum absolute atomic E-state index is 0.0826. The zero-order valence-electron chi connectivity index (χ0n) is 17.3. The summed E-state index contributed by atoms with van der Waals surface area (Å²) in [5, 5.41) is 30.5. The van der Waals surface area contributed by atoms with Crippen LogP contribution >= 0.6 is 0 Å². The van der Waals surface area contributed by atoms with Gasteiger partial charge in [0, 0.05) is 45.3 Å². The Morgan fingerprint density at radius 1 is 0.714 bits per heavy atom. The maximum Gasteiger partial charge on any atom is 0.317 e. The number of rotatable bonds is 18. The molecule has 0 heterocycles. The first kappa shape index (κ1) is 26.2. The number of hydrogen-bond acceptors (Lipinski definition) is 7. The van der Waals surface area contributed by atoms with Gasteiger partial charge in [-0.15, -0.1) is 0 Å². The van der Waals surface area contributed by atoms with E-state index in [1.54, 1.807) is 14.7 Å². The van der Waals surface area contributed by atoms with E-state index in [0.29, 0.717) is 51.9 Å². The molecule has 0 rings (SSSR count). The summed E-state index contributed by atoms with van der Waals surface area (Å²) in [5.74, 6) is -2.81. The molecule has 0 radical (unpaired) electrons. The first-order valence-electron chi connectivity index (χ1n) is 9.69. The lowest BCUT2D eigenvalue weighted by molar-refractivity contribution is -0.140. The second-order valence-electron chi connectivity index (χ2n) is 7.12. The summed E-state index contributed by atoms with van der Waals surface area (Å²) in [4.78, 5) is 38.5. The van der Waals surface area contributed by atoms with E-state index >= 15 is 0 Å². The van der Waals surface area contributed by atoms with Crippen molar-refractivity contribution in [3.05, 3.63) is 0 Å². The maximum atomic E-state index is 11.2. The van der Waals surface area contributed by atoms with Crippen LogP contribution in [0, 0.1) is 0 Å². The second-order valence-corrected chi connectivity index (χ2v) is 7.12. The Kier molecular flexibility index (Phi) is 14.3. The maximum absolute atomic E-state index is 11.2. The molecule has 0 saturated carbocycles. The van der Waals surface area contributed by atoms with Crippen LogP contribution in [0.2, 0.25) is 0 Å². The largest absolute Gasteiger partial charge is 0.480 e. The smallest absolute Gasteiger partial charge is 0.317 e. The summed E-state index contributed by atoms with van der Waals surface area (Å²) in [6.45, 7) is 9.11. The molecule has 0 bridgehead atoms. The first-order valence-corrected chi connectivity index (χ1v) is 9.69. The van der Waals surface area contributed by atoms with Gasteiger partial charge in [0.1, 0.15) is 0 Å². The Morgan fingerprint density at radius 3 is 1.39 bits per heavy atom. The Morgan fingerprint density at radius 2 is 1.07 bits per heavy atom. The Hall–Kier alpha value is -1.75. The fraction of sp³-hybridized carbons (Fsp3) is 0.833. The average Bonchev–Trinajstić information content (AvgIpc) is 2.55. The highest BCUT2D eigenvalue weighted by molar-refractivity contribution is 5.69. The number of carboxylic acids is 3. The van der Waals surface area contributed by atoms with Crippen LogP contribution in [0.15, 0.2) is 0 Å². The Bertz CT molecular complexity index is 475. The molecule has 0 aliphatic carbocycles. The van der Waals surface area contributed by atoms with Crippen LogP contribution in [0.1, 0.15) is 27.2 Å². The van der Waals surface area contributed by atoms with E-state index in [9.17, 15) is 14.4 Å².